The number of para-hydroxylation sites is 1. The number of anilines is 3. The number of hydrogen-bond donors (Lipinski definition) is 4. The molecule has 9 heteroatoms. The maximum Gasteiger partial charge on any atom is 0.306 e. The zero-order valence-electron chi connectivity index (χ0n) is 20.5. The van der Waals surface area contributed by atoms with Gasteiger partial charge in [0, 0.05) is 32.4 Å². The van der Waals surface area contributed by atoms with Crippen molar-refractivity contribution >= 4 is 33.8 Å². The van der Waals surface area contributed by atoms with Gasteiger partial charge in [-0.15, -0.1) is 10.8 Å². The van der Waals surface area contributed by atoms with Gasteiger partial charge in [-0.2, -0.15) is 0 Å². The number of benzene rings is 2. The predicted molar refractivity (Wildman–Crippen MR) is 139 cm³/mol. The number of carboxylic acids is 1. The van der Waals surface area contributed by atoms with E-state index >= 15 is 0 Å². The van der Waals surface area contributed by atoms with E-state index < -0.39 is 22.3 Å². The zero-order valence-corrected chi connectivity index (χ0v) is 21.3. The van der Waals surface area contributed by atoms with Crippen LogP contribution in [0, 0.1) is 0 Å². The Balaban J connectivity index is 2.20. The molecule has 0 spiro atoms. The van der Waals surface area contributed by atoms with Crippen molar-refractivity contribution in [3.63, 3.8) is 0 Å². The van der Waals surface area contributed by atoms with Crippen LogP contribution in [0.2, 0.25) is 0 Å². The van der Waals surface area contributed by atoms with E-state index in [4.69, 9.17) is 9.84 Å². The Morgan fingerprint density at radius 3 is 2.50 bits per heavy atom. The minimum atomic E-state index is -3.38. The molecule has 0 fully saturated rings. The van der Waals surface area contributed by atoms with Crippen LogP contribution in [0.3, 0.4) is 0 Å². The molecule has 0 saturated heterocycles. The highest BCUT2D eigenvalue weighted by Gasteiger charge is 2.41. The zero-order chi connectivity index (χ0) is 24.9. The normalized spacial score (nSPS) is 20.2. The molecule has 2 aromatic carbocycles. The van der Waals surface area contributed by atoms with Crippen LogP contribution in [-0.4, -0.2) is 53.0 Å². The van der Waals surface area contributed by atoms with Gasteiger partial charge in [0.1, 0.15) is 10.6 Å². The van der Waals surface area contributed by atoms with Gasteiger partial charge >= 0.3 is 5.97 Å². The first-order chi connectivity index (χ1) is 16.1. The van der Waals surface area contributed by atoms with E-state index in [0.29, 0.717) is 22.9 Å². The fourth-order valence-electron chi connectivity index (χ4n) is 4.31. The second kappa shape index (κ2) is 10.9. The fraction of sp³-hybridized carbons (Fsp3) is 0.480. The van der Waals surface area contributed by atoms with Gasteiger partial charge in [0.2, 0.25) is 0 Å². The van der Waals surface area contributed by atoms with Crippen LogP contribution >= 0.6 is 10.8 Å². The van der Waals surface area contributed by atoms with Crippen LogP contribution in [0.25, 0.3) is 0 Å². The van der Waals surface area contributed by atoms with Crippen molar-refractivity contribution < 1.29 is 23.7 Å². The molecular weight excluding hydrogens is 454 g/mol. The number of aliphatic carboxylic acids is 1. The van der Waals surface area contributed by atoms with Gasteiger partial charge in [0.15, 0.2) is 0 Å². The molecule has 1 aliphatic rings. The smallest absolute Gasteiger partial charge is 0.306 e. The summed E-state index contributed by atoms with van der Waals surface area (Å²) in [6.45, 7) is 4.76. The summed E-state index contributed by atoms with van der Waals surface area (Å²) >= 11 is 0. The van der Waals surface area contributed by atoms with Gasteiger partial charge in [0.05, 0.1) is 29.9 Å². The lowest BCUT2D eigenvalue weighted by molar-refractivity contribution is -0.137. The molecule has 1 aliphatic heterocycles. The quantitative estimate of drug-likeness (QED) is 0.335. The second-order valence-electron chi connectivity index (χ2n) is 8.98. The van der Waals surface area contributed by atoms with Crippen molar-refractivity contribution in [1.29, 1.82) is 0 Å². The number of hydrogen-bond acceptors (Lipinski definition) is 7. The summed E-state index contributed by atoms with van der Waals surface area (Å²) in [6, 6.07) is 13.5. The summed E-state index contributed by atoms with van der Waals surface area (Å²) in [5.41, 5.74) is 1.88. The average molecular weight is 492 g/mol. The van der Waals surface area contributed by atoms with Crippen molar-refractivity contribution in [2.75, 3.05) is 37.0 Å². The van der Waals surface area contributed by atoms with Gasteiger partial charge in [-0.05, 0) is 31.0 Å². The predicted octanol–water partition coefficient (Wildman–Crippen LogP) is 5.71. The number of fused-ring (bicyclic) bond motifs is 1. The highest BCUT2D eigenvalue weighted by atomic mass is 32.3. The largest absolute Gasteiger partial charge is 0.491 e. The van der Waals surface area contributed by atoms with Crippen LogP contribution < -0.4 is 19.3 Å². The molecule has 188 valence electrons. The van der Waals surface area contributed by atoms with Crippen LogP contribution in [0.4, 0.5) is 17.1 Å². The standard InChI is InChI=1S/C25H37N3O5S/c1-5-7-14-25(6-2)18-28(19-11-9-8-10-12-19)21-16-20(27(3)4)22(33-15-13-24(29)30)17-23(21)34(31,32)26-25/h8-12,16-17,26,31-32H,5-7,13-15,18H2,1-4H3,(H,29,30)/t25-/m1/s1. The highest BCUT2D eigenvalue weighted by Crippen LogP contribution is 2.57. The van der Waals surface area contributed by atoms with Gasteiger partial charge in [-0.25, -0.2) is 4.72 Å². The number of carbonyl (C=O) groups is 1. The first-order valence-corrected chi connectivity index (χ1v) is 13.3. The summed E-state index contributed by atoms with van der Waals surface area (Å²) in [5.74, 6) is -0.539. The maximum atomic E-state index is 11.4. The van der Waals surface area contributed by atoms with Gasteiger partial charge < -0.3 is 19.6 Å². The molecule has 34 heavy (non-hydrogen) atoms. The van der Waals surface area contributed by atoms with Crippen molar-refractivity contribution in [3.05, 3.63) is 42.5 Å². The average Bonchev–Trinajstić information content (AvgIpc) is 2.90. The second-order valence-corrected chi connectivity index (χ2v) is 10.7. The van der Waals surface area contributed by atoms with Crippen molar-refractivity contribution in [1.82, 2.24) is 4.72 Å². The number of ether oxygens (including phenoxy) is 1. The number of carboxylic acid groups (broad SMARTS) is 1. The molecule has 4 N–H and O–H groups in total. The van der Waals surface area contributed by atoms with E-state index in [0.717, 1.165) is 37.1 Å². The molecule has 1 heterocycles. The van der Waals surface area contributed by atoms with Crippen LogP contribution in [0.5, 0.6) is 5.75 Å². The van der Waals surface area contributed by atoms with E-state index in [9.17, 15) is 13.9 Å². The minimum absolute atomic E-state index is 0.0145. The van der Waals surface area contributed by atoms with Crippen molar-refractivity contribution in [3.8, 4) is 5.75 Å². The Kier molecular flexibility index (Phi) is 8.35. The Morgan fingerprint density at radius 1 is 1.21 bits per heavy atom. The summed E-state index contributed by atoms with van der Waals surface area (Å²) in [4.78, 5) is 15.4. The number of unbranched alkanes of at least 4 members (excludes halogenated alkanes) is 1. The third-order valence-electron chi connectivity index (χ3n) is 6.27. The summed E-state index contributed by atoms with van der Waals surface area (Å²) in [7, 11) is 0.374. The topological polar surface area (TPSA) is 106 Å². The first-order valence-electron chi connectivity index (χ1n) is 11.7. The van der Waals surface area contributed by atoms with Crippen LogP contribution in [-0.2, 0) is 4.79 Å². The Labute approximate surface area is 204 Å². The monoisotopic (exact) mass is 491 g/mol. The third-order valence-corrected chi connectivity index (χ3v) is 7.92. The number of nitrogens with one attached hydrogen (secondary N) is 1. The molecule has 0 bridgehead atoms. The maximum absolute atomic E-state index is 11.4. The SMILES string of the molecule is CCCC[C@]1(CC)CN(c2ccccc2)c2cc(N(C)C)c(OCCC(=O)O)cc2S(O)(O)N1. The lowest BCUT2D eigenvalue weighted by Crippen LogP contribution is -2.51. The van der Waals surface area contributed by atoms with E-state index in [2.05, 4.69) is 23.5 Å². The summed E-state index contributed by atoms with van der Waals surface area (Å²) in [6.07, 6.45) is 3.35. The van der Waals surface area contributed by atoms with Gasteiger partial charge in [0.25, 0.3) is 0 Å². The number of rotatable bonds is 10. The molecule has 0 aliphatic carbocycles. The molecule has 3 rings (SSSR count). The highest BCUT2D eigenvalue weighted by molar-refractivity contribution is 8.22. The lowest BCUT2D eigenvalue weighted by atomic mass is 9.89. The molecule has 0 radical (unpaired) electrons. The molecule has 0 unspecified atom stereocenters. The third kappa shape index (κ3) is 5.78. The van der Waals surface area contributed by atoms with E-state index in [1.807, 2.05) is 55.4 Å². The van der Waals surface area contributed by atoms with E-state index in [-0.39, 0.29) is 13.0 Å². The first kappa shape index (κ1) is 26.2. The minimum Gasteiger partial charge on any atom is -0.491 e. The molecule has 8 nitrogen and oxygen atoms in total. The van der Waals surface area contributed by atoms with Gasteiger partial charge in [-0.1, -0.05) is 44.9 Å². The fourth-order valence-corrected chi connectivity index (χ4v) is 6.07. The van der Waals surface area contributed by atoms with Crippen LogP contribution in [0.15, 0.2) is 47.4 Å². The van der Waals surface area contributed by atoms with E-state index in [1.165, 1.54) is 0 Å². The molecule has 0 amide bonds. The lowest BCUT2D eigenvalue weighted by Gasteiger charge is -2.42. The summed E-state index contributed by atoms with van der Waals surface area (Å²) < 4.78 is 32.0. The number of nitrogens with zero attached hydrogens (tertiary/aromatic N) is 2. The molecule has 1 atom stereocenters. The van der Waals surface area contributed by atoms with Crippen LogP contribution in [0.1, 0.15) is 46.0 Å². The Hall–Kier alpha value is -2.46. The van der Waals surface area contributed by atoms with Crippen molar-refractivity contribution in [2.24, 2.45) is 0 Å². The van der Waals surface area contributed by atoms with Gasteiger partial charge in [-0.3, -0.25) is 13.9 Å². The molecular formula is C25H37N3O5S. The van der Waals surface area contributed by atoms with Crippen molar-refractivity contribution in [2.45, 2.75) is 56.4 Å². The Morgan fingerprint density at radius 2 is 1.91 bits per heavy atom. The Bertz CT molecular complexity index is 986. The van der Waals surface area contributed by atoms with E-state index in [1.54, 1.807) is 6.07 Å². The summed E-state index contributed by atoms with van der Waals surface area (Å²) in [5, 5.41) is 9.02. The molecule has 0 aromatic heterocycles. The molecule has 0 saturated carbocycles. The molecule has 2 aromatic rings.